The number of methoxy groups -OCH3 is 1. The highest BCUT2D eigenvalue weighted by molar-refractivity contribution is 6.31. The predicted molar refractivity (Wildman–Crippen MR) is 113 cm³/mol. The maximum Gasteiger partial charge on any atom is 0.241 e. The van der Waals surface area contributed by atoms with Crippen LogP contribution in [0.15, 0.2) is 48.5 Å². The number of amides is 2. The van der Waals surface area contributed by atoms with Gasteiger partial charge in [-0.2, -0.15) is 5.26 Å². The van der Waals surface area contributed by atoms with Gasteiger partial charge in [0.25, 0.3) is 0 Å². The normalized spacial score (nSPS) is 10.3. The first-order valence-electron chi connectivity index (χ1n) is 8.99. The third-order valence-electron chi connectivity index (χ3n) is 4.07. The Balaban J connectivity index is 1.98. The summed E-state index contributed by atoms with van der Waals surface area (Å²) < 4.78 is 5.21. The zero-order chi connectivity index (χ0) is 21.2. The molecule has 0 saturated heterocycles. The van der Waals surface area contributed by atoms with Gasteiger partial charge in [-0.3, -0.25) is 14.5 Å². The zero-order valence-corrected chi connectivity index (χ0v) is 17.1. The van der Waals surface area contributed by atoms with Gasteiger partial charge in [-0.1, -0.05) is 29.8 Å². The molecule has 0 atom stereocenters. The third-order valence-corrected chi connectivity index (χ3v) is 4.31. The lowest BCUT2D eigenvalue weighted by Gasteiger charge is -2.25. The molecule has 2 aromatic carbocycles. The Kier molecular flexibility index (Phi) is 8.46. The third kappa shape index (κ3) is 6.79. The number of nitrogens with one attached hydrogen (secondary N) is 1. The largest absolute Gasteiger partial charge is 0.495 e. The average molecular weight is 415 g/mol. The minimum atomic E-state index is -0.302. The van der Waals surface area contributed by atoms with Gasteiger partial charge in [0.15, 0.2) is 0 Å². The predicted octanol–water partition coefficient (Wildman–Crippen LogP) is 3.17. The van der Waals surface area contributed by atoms with Crippen LogP contribution in [0.5, 0.6) is 5.75 Å². The Morgan fingerprint density at radius 2 is 1.90 bits per heavy atom. The van der Waals surface area contributed by atoms with Crippen molar-refractivity contribution in [1.29, 1.82) is 5.26 Å². The molecule has 2 aromatic rings. The first-order valence-corrected chi connectivity index (χ1v) is 9.36. The van der Waals surface area contributed by atoms with Crippen molar-refractivity contribution in [3.8, 4) is 11.8 Å². The molecule has 0 heterocycles. The van der Waals surface area contributed by atoms with E-state index in [1.165, 1.54) is 7.11 Å². The van der Waals surface area contributed by atoms with Gasteiger partial charge in [0.1, 0.15) is 5.75 Å². The quantitative estimate of drug-likeness (QED) is 0.681. The van der Waals surface area contributed by atoms with Crippen LogP contribution in [0.2, 0.25) is 5.02 Å². The van der Waals surface area contributed by atoms with Gasteiger partial charge in [0.05, 0.1) is 38.4 Å². The molecule has 8 heteroatoms. The minimum Gasteiger partial charge on any atom is -0.495 e. The lowest BCUT2D eigenvalue weighted by atomic mass is 10.2. The molecule has 152 valence electrons. The molecule has 0 aliphatic heterocycles. The van der Waals surface area contributed by atoms with Crippen molar-refractivity contribution >= 4 is 34.8 Å². The molecule has 0 aromatic heterocycles. The summed E-state index contributed by atoms with van der Waals surface area (Å²) in [6, 6.07) is 16.1. The van der Waals surface area contributed by atoms with Gasteiger partial charge in [-0.05, 0) is 37.4 Å². The van der Waals surface area contributed by atoms with Crippen molar-refractivity contribution in [3.05, 3.63) is 53.6 Å². The highest BCUT2D eigenvalue weighted by Crippen LogP contribution is 2.27. The van der Waals surface area contributed by atoms with Gasteiger partial charge in [-0.15, -0.1) is 0 Å². The van der Waals surface area contributed by atoms with Crippen LogP contribution in [0, 0.1) is 11.3 Å². The number of benzene rings is 2. The number of hydrogen-bond donors (Lipinski definition) is 1. The summed E-state index contributed by atoms with van der Waals surface area (Å²) in [5, 5.41) is 12.1. The smallest absolute Gasteiger partial charge is 0.241 e. The van der Waals surface area contributed by atoms with Crippen molar-refractivity contribution in [2.45, 2.75) is 6.42 Å². The molecule has 0 aliphatic rings. The Morgan fingerprint density at radius 1 is 1.17 bits per heavy atom. The number of anilines is 2. The van der Waals surface area contributed by atoms with E-state index in [0.29, 0.717) is 28.7 Å². The van der Waals surface area contributed by atoms with Crippen molar-refractivity contribution < 1.29 is 14.3 Å². The van der Waals surface area contributed by atoms with E-state index in [9.17, 15) is 9.59 Å². The van der Waals surface area contributed by atoms with Crippen LogP contribution in [0.3, 0.4) is 0 Å². The summed E-state index contributed by atoms with van der Waals surface area (Å²) in [6.07, 6.45) is 0.222. The first-order chi connectivity index (χ1) is 13.9. The van der Waals surface area contributed by atoms with Crippen LogP contribution < -0.4 is 15.0 Å². The number of halogens is 1. The van der Waals surface area contributed by atoms with Crippen LogP contribution in [-0.4, -0.2) is 50.5 Å². The average Bonchev–Trinajstić information content (AvgIpc) is 2.69. The van der Waals surface area contributed by atoms with E-state index in [4.69, 9.17) is 21.6 Å². The van der Waals surface area contributed by atoms with Gasteiger partial charge < -0.3 is 15.0 Å². The maximum atomic E-state index is 12.8. The fourth-order valence-corrected chi connectivity index (χ4v) is 2.92. The van der Waals surface area contributed by atoms with E-state index in [2.05, 4.69) is 11.4 Å². The Morgan fingerprint density at radius 3 is 2.55 bits per heavy atom. The van der Waals surface area contributed by atoms with Crippen LogP contribution in [0.4, 0.5) is 11.4 Å². The number of rotatable bonds is 9. The number of ether oxygens (including phenoxy) is 1. The molecule has 0 bridgehead atoms. The van der Waals surface area contributed by atoms with E-state index in [-0.39, 0.29) is 31.3 Å². The molecule has 0 fully saturated rings. The topological polar surface area (TPSA) is 85.7 Å². The van der Waals surface area contributed by atoms with Gasteiger partial charge in [-0.25, -0.2) is 0 Å². The minimum absolute atomic E-state index is 0.00227. The Bertz CT molecular complexity index is 883. The molecule has 2 amide bonds. The van der Waals surface area contributed by atoms with E-state index in [1.54, 1.807) is 35.0 Å². The van der Waals surface area contributed by atoms with E-state index in [1.807, 2.05) is 30.3 Å². The summed E-state index contributed by atoms with van der Waals surface area (Å²) in [7, 11) is 3.18. The fourth-order valence-electron chi connectivity index (χ4n) is 2.75. The second kappa shape index (κ2) is 11.1. The number of carbonyl (C=O) groups excluding carboxylic acids is 2. The second-order valence-corrected chi connectivity index (χ2v) is 6.79. The summed E-state index contributed by atoms with van der Waals surface area (Å²) in [4.78, 5) is 28.3. The van der Waals surface area contributed by atoms with Gasteiger partial charge >= 0.3 is 0 Å². The number of likely N-dealkylation sites (N-methyl/N-ethyl adjacent to an activating group) is 1. The zero-order valence-electron chi connectivity index (χ0n) is 16.4. The van der Waals surface area contributed by atoms with Crippen molar-refractivity contribution in [2.75, 3.05) is 44.0 Å². The van der Waals surface area contributed by atoms with Crippen molar-refractivity contribution in [2.24, 2.45) is 0 Å². The van der Waals surface area contributed by atoms with Crippen molar-refractivity contribution in [1.82, 2.24) is 4.90 Å². The molecular formula is C21H23ClN4O3. The lowest BCUT2D eigenvalue weighted by molar-refractivity contribution is -0.121. The van der Waals surface area contributed by atoms with Crippen LogP contribution in [0.1, 0.15) is 6.42 Å². The van der Waals surface area contributed by atoms with Gasteiger partial charge in [0, 0.05) is 17.3 Å². The highest BCUT2D eigenvalue weighted by Gasteiger charge is 2.19. The maximum absolute atomic E-state index is 12.8. The van der Waals surface area contributed by atoms with E-state index in [0.717, 1.165) is 0 Å². The van der Waals surface area contributed by atoms with Gasteiger partial charge in [0.2, 0.25) is 11.8 Å². The molecule has 29 heavy (non-hydrogen) atoms. The lowest BCUT2D eigenvalue weighted by Crippen LogP contribution is -2.42. The summed E-state index contributed by atoms with van der Waals surface area (Å²) >= 11 is 5.98. The highest BCUT2D eigenvalue weighted by atomic mass is 35.5. The Hall–Kier alpha value is -3.08. The standard InChI is InChI=1S/C21H23ClN4O3/c1-25(14-20(27)24-18-13-16(22)9-10-19(18)29-2)15-21(28)26(12-6-11-23)17-7-4-3-5-8-17/h3-5,7-10,13H,6,12,14-15H2,1-2H3,(H,24,27). The van der Waals surface area contributed by atoms with Crippen molar-refractivity contribution in [3.63, 3.8) is 0 Å². The molecule has 1 N–H and O–H groups in total. The molecule has 0 radical (unpaired) electrons. The van der Waals surface area contributed by atoms with Crippen LogP contribution in [0.25, 0.3) is 0 Å². The molecule has 0 unspecified atom stereocenters. The first kappa shape index (κ1) is 22.2. The number of nitrogens with zero attached hydrogens (tertiary/aromatic N) is 3. The summed E-state index contributed by atoms with van der Waals surface area (Å²) in [5.74, 6) is -0.000487. The molecule has 7 nitrogen and oxygen atoms in total. The molecule has 2 rings (SSSR count). The van der Waals surface area contributed by atoms with E-state index < -0.39 is 0 Å². The number of nitriles is 1. The number of carbonyl (C=O) groups is 2. The van der Waals surface area contributed by atoms with Crippen LogP contribution >= 0.6 is 11.6 Å². The molecule has 0 spiro atoms. The summed E-state index contributed by atoms with van der Waals surface area (Å²) in [5.41, 5.74) is 1.18. The number of para-hydroxylation sites is 1. The fraction of sp³-hybridized carbons (Fsp3) is 0.286. The second-order valence-electron chi connectivity index (χ2n) is 6.35. The molecular weight excluding hydrogens is 392 g/mol. The summed E-state index contributed by atoms with van der Waals surface area (Å²) in [6.45, 7) is 0.321. The Labute approximate surface area is 175 Å². The number of hydrogen-bond acceptors (Lipinski definition) is 5. The van der Waals surface area contributed by atoms with Crippen LogP contribution in [-0.2, 0) is 9.59 Å². The SMILES string of the molecule is COc1ccc(Cl)cc1NC(=O)CN(C)CC(=O)N(CCC#N)c1ccccc1. The molecule has 0 saturated carbocycles. The molecule has 0 aliphatic carbocycles. The monoisotopic (exact) mass is 414 g/mol. The van der Waals surface area contributed by atoms with E-state index >= 15 is 0 Å².